The first-order valence-corrected chi connectivity index (χ1v) is 13.8. The van der Waals surface area contributed by atoms with Crippen LogP contribution in [-0.2, 0) is 14.8 Å². The number of morpholine rings is 1. The molecule has 0 radical (unpaired) electrons. The molecule has 0 aliphatic carbocycles. The van der Waals surface area contributed by atoms with Crippen LogP contribution in [0.3, 0.4) is 0 Å². The minimum atomic E-state index is -3.53. The first-order valence-electron chi connectivity index (χ1n) is 11.7. The summed E-state index contributed by atoms with van der Waals surface area (Å²) in [6.07, 6.45) is -2.87. The van der Waals surface area contributed by atoms with Crippen LogP contribution in [-0.4, -0.2) is 97.0 Å². The number of methoxy groups -OCH3 is 1. The number of nitrogens with zero attached hydrogens (tertiary/aromatic N) is 7. The van der Waals surface area contributed by atoms with E-state index in [4.69, 9.17) is 26.1 Å². The Morgan fingerprint density at radius 2 is 1.73 bits per heavy atom. The molecule has 4 heterocycles. The van der Waals surface area contributed by atoms with Crippen LogP contribution in [0, 0.1) is 0 Å². The highest BCUT2D eigenvalue weighted by Gasteiger charge is 2.29. The lowest BCUT2D eigenvalue weighted by Gasteiger charge is -2.35. The van der Waals surface area contributed by atoms with Gasteiger partial charge in [0.15, 0.2) is 5.82 Å². The van der Waals surface area contributed by atoms with Crippen LogP contribution < -0.4 is 14.5 Å². The fourth-order valence-electron chi connectivity index (χ4n) is 4.50. The zero-order valence-electron chi connectivity index (χ0n) is 20.1. The molecule has 2 aromatic heterocycles. The molecule has 37 heavy (non-hydrogen) atoms. The van der Waals surface area contributed by atoms with E-state index in [1.807, 2.05) is 9.80 Å². The number of halogens is 3. The van der Waals surface area contributed by atoms with Gasteiger partial charge in [-0.15, -0.1) is 11.6 Å². The summed E-state index contributed by atoms with van der Waals surface area (Å²) in [5.74, 6) is 1.01. The molecule has 2 fully saturated rings. The molecule has 0 saturated carbocycles. The number of imidazole rings is 1. The van der Waals surface area contributed by atoms with Crippen LogP contribution in [0.25, 0.3) is 16.9 Å². The molecular formula is C22H26ClF2N7O4S. The second kappa shape index (κ2) is 10.5. The van der Waals surface area contributed by atoms with Gasteiger partial charge >= 0.3 is 0 Å². The Bertz CT molecular complexity index is 1380. The Hall–Kier alpha value is -2.81. The Morgan fingerprint density at radius 3 is 2.38 bits per heavy atom. The van der Waals surface area contributed by atoms with Gasteiger partial charge in [-0.2, -0.15) is 14.3 Å². The fourth-order valence-corrected chi connectivity index (χ4v) is 5.77. The monoisotopic (exact) mass is 557 g/mol. The van der Waals surface area contributed by atoms with Crippen molar-refractivity contribution < 1.29 is 26.7 Å². The van der Waals surface area contributed by atoms with E-state index < -0.39 is 27.5 Å². The van der Waals surface area contributed by atoms with Gasteiger partial charge in [0.1, 0.15) is 28.1 Å². The molecule has 0 amide bonds. The van der Waals surface area contributed by atoms with E-state index in [0.29, 0.717) is 67.9 Å². The van der Waals surface area contributed by atoms with E-state index in [9.17, 15) is 17.2 Å². The maximum absolute atomic E-state index is 14.2. The molecule has 2 aliphatic rings. The minimum absolute atomic E-state index is 0.230. The molecule has 200 valence electrons. The predicted octanol–water partition coefficient (Wildman–Crippen LogP) is 2.25. The van der Waals surface area contributed by atoms with Crippen molar-refractivity contribution in [3.8, 4) is 11.6 Å². The third-order valence-electron chi connectivity index (χ3n) is 6.39. The third-order valence-corrected chi connectivity index (χ3v) is 8.65. The van der Waals surface area contributed by atoms with Gasteiger partial charge in [-0.3, -0.25) is 4.57 Å². The predicted molar refractivity (Wildman–Crippen MR) is 135 cm³/mol. The second-order valence-corrected chi connectivity index (χ2v) is 11.1. The lowest BCUT2D eigenvalue weighted by atomic mass is 10.3. The maximum Gasteiger partial charge on any atom is 0.296 e. The number of piperazine rings is 1. The number of hydrogen-bond donors (Lipinski definition) is 0. The molecule has 2 aliphatic heterocycles. The normalized spacial score (nSPS) is 17.6. The first-order chi connectivity index (χ1) is 17.8. The van der Waals surface area contributed by atoms with Crippen molar-refractivity contribution in [1.29, 1.82) is 0 Å². The van der Waals surface area contributed by atoms with E-state index in [1.54, 1.807) is 24.3 Å². The number of anilines is 2. The molecule has 2 saturated heterocycles. The Labute approximate surface area is 217 Å². The standard InChI is InChI=1S/C22H26ClF2N7O4S/c1-35-16-4-2-3-15-19(16)28-21(20(24)25)32(15)18-13-17(26-22(27-18)30-9-11-36-12-10-30)29-5-7-31(8-6-29)37(33,34)14-23/h2-4,13,20H,5-12,14H2,1H3. The Kier molecular flexibility index (Phi) is 7.34. The van der Waals surface area contributed by atoms with Gasteiger partial charge in [0.05, 0.1) is 25.8 Å². The fraction of sp³-hybridized carbons (Fsp3) is 0.500. The summed E-state index contributed by atoms with van der Waals surface area (Å²) in [4.78, 5) is 17.4. The summed E-state index contributed by atoms with van der Waals surface area (Å²) in [5, 5.41) is -0.487. The van der Waals surface area contributed by atoms with Crippen molar-refractivity contribution in [2.24, 2.45) is 0 Å². The summed E-state index contributed by atoms with van der Waals surface area (Å²) in [5.41, 5.74) is 0.721. The first kappa shape index (κ1) is 25.8. The second-order valence-electron chi connectivity index (χ2n) is 8.52. The molecule has 3 aromatic rings. The van der Waals surface area contributed by atoms with Crippen LogP contribution in [0.15, 0.2) is 24.3 Å². The zero-order chi connectivity index (χ0) is 26.2. The average Bonchev–Trinajstić information content (AvgIpc) is 3.34. The van der Waals surface area contributed by atoms with Gasteiger partial charge in [0.2, 0.25) is 16.0 Å². The molecular weight excluding hydrogens is 532 g/mol. The lowest BCUT2D eigenvalue weighted by Crippen LogP contribution is -2.49. The number of sulfonamides is 1. The number of ether oxygens (including phenoxy) is 2. The van der Waals surface area contributed by atoms with Crippen LogP contribution in [0.5, 0.6) is 5.75 Å². The van der Waals surface area contributed by atoms with E-state index in [-0.39, 0.29) is 18.9 Å². The lowest BCUT2D eigenvalue weighted by molar-refractivity contribution is 0.122. The van der Waals surface area contributed by atoms with E-state index in [1.165, 1.54) is 16.0 Å². The minimum Gasteiger partial charge on any atom is -0.494 e. The Balaban J connectivity index is 1.61. The number of benzene rings is 1. The Morgan fingerprint density at radius 1 is 1.03 bits per heavy atom. The molecule has 0 atom stereocenters. The topological polar surface area (TPSA) is 106 Å². The largest absolute Gasteiger partial charge is 0.494 e. The molecule has 15 heteroatoms. The van der Waals surface area contributed by atoms with Crippen LogP contribution >= 0.6 is 11.6 Å². The van der Waals surface area contributed by atoms with Crippen molar-refractivity contribution in [3.63, 3.8) is 0 Å². The molecule has 0 N–H and O–H groups in total. The van der Waals surface area contributed by atoms with Gasteiger partial charge in [0.25, 0.3) is 6.43 Å². The highest BCUT2D eigenvalue weighted by atomic mass is 35.5. The summed E-state index contributed by atoms with van der Waals surface area (Å²) in [7, 11) is -2.07. The number of alkyl halides is 3. The third kappa shape index (κ3) is 5.02. The van der Waals surface area contributed by atoms with Gasteiger partial charge in [-0.1, -0.05) is 6.07 Å². The summed E-state index contributed by atoms with van der Waals surface area (Å²) in [6, 6.07) is 6.68. The number of para-hydroxylation sites is 1. The molecule has 5 rings (SSSR count). The number of aromatic nitrogens is 4. The molecule has 11 nitrogen and oxygen atoms in total. The average molecular weight is 558 g/mol. The number of rotatable bonds is 7. The van der Waals surface area contributed by atoms with Gasteiger partial charge in [-0.05, 0) is 12.1 Å². The van der Waals surface area contributed by atoms with Crippen molar-refractivity contribution in [2.75, 3.05) is 74.6 Å². The smallest absolute Gasteiger partial charge is 0.296 e. The van der Waals surface area contributed by atoms with Crippen molar-refractivity contribution in [2.45, 2.75) is 6.43 Å². The summed E-state index contributed by atoms with van der Waals surface area (Å²) < 4.78 is 66.2. The molecule has 0 spiro atoms. The SMILES string of the molecule is COc1cccc2c1nc(C(F)F)n2-c1cc(N2CCN(S(=O)(=O)CCl)CC2)nc(N2CCOCC2)n1. The van der Waals surface area contributed by atoms with Crippen molar-refractivity contribution in [1.82, 2.24) is 23.8 Å². The van der Waals surface area contributed by atoms with Crippen LogP contribution in [0.4, 0.5) is 20.5 Å². The van der Waals surface area contributed by atoms with E-state index >= 15 is 0 Å². The quantitative estimate of drug-likeness (QED) is 0.404. The zero-order valence-corrected chi connectivity index (χ0v) is 21.6. The highest BCUT2D eigenvalue weighted by molar-refractivity contribution is 7.90. The van der Waals surface area contributed by atoms with Crippen molar-refractivity contribution in [3.05, 3.63) is 30.1 Å². The van der Waals surface area contributed by atoms with Gasteiger partial charge < -0.3 is 19.3 Å². The molecule has 0 unspecified atom stereocenters. The maximum atomic E-state index is 14.2. The molecule has 0 bridgehead atoms. The van der Waals surface area contributed by atoms with E-state index in [2.05, 4.69) is 9.97 Å². The summed E-state index contributed by atoms with van der Waals surface area (Å²) in [6.45, 7) is 3.25. The van der Waals surface area contributed by atoms with E-state index in [0.717, 1.165) is 0 Å². The van der Waals surface area contributed by atoms with Crippen LogP contribution in [0.2, 0.25) is 0 Å². The molecule has 1 aromatic carbocycles. The van der Waals surface area contributed by atoms with Crippen LogP contribution in [0.1, 0.15) is 12.2 Å². The number of fused-ring (bicyclic) bond motifs is 1. The summed E-state index contributed by atoms with van der Waals surface area (Å²) >= 11 is 5.62. The van der Waals surface area contributed by atoms with Gasteiger partial charge in [-0.25, -0.2) is 22.2 Å². The van der Waals surface area contributed by atoms with Gasteiger partial charge in [0, 0.05) is 45.3 Å². The number of hydrogen-bond acceptors (Lipinski definition) is 9. The highest BCUT2D eigenvalue weighted by Crippen LogP contribution is 2.33. The van der Waals surface area contributed by atoms with Crippen molar-refractivity contribution >= 4 is 44.4 Å².